The van der Waals surface area contributed by atoms with E-state index in [0.717, 1.165) is 44.9 Å². The summed E-state index contributed by atoms with van der Waals surface area (Å²) in [5, 5.41) is 3.99. The Morgan fingerprint density at radius 1 is 1.15 bits per heavy atom. The second-order valence-corrected chi connectivity index (χ2v) is 6.85. The molecule has 1 saturated heterocycles. The van der Waals surface area contributed by atoms with Crippen molar-refractivity contribution < 1.29 is 9.32 Å². The fourth-order valence-electron chi connectivity index (χ4n) is 3.21. The zero-order valence-corrected chi connectivity index (χ0v) is 15.7. The van der Waals surface area contributed by atoms with Crippen molar-refractivity contribution in [2.75, 3.05) is 46.3 Å². The monoisotopic (exact) mass is 356 g/mol. The van der Waals surface area contributed by atoms with Crippen LogP contribution < -0.4 is 0 Å². The van der Waals surface area contributed by atoms with Crippen molar-refractivity contribution in [1.82, 2.24) is 19.9 Å². The third-order valence-corrected chi connectivity index (χ3v) is 5.00. The Kier molecular flexibility index (Phi) is 6.41. The first kappa shape index (κ1) is 18.6. The summed E-state index contributed by atoms with van der Waals surface area (Å²) in [5.41, 5.74) is 1.61. The van der Waals surface area contributed by atoms with Crippen LogP contribution in [0.2, 0.25) is 0 Å². The number of carbonyl (C=O) groups is 1. The average Bonchev–Trinajstić information content (AvgIpc) is 3.15. The van der Waals surface area contributed by atoms with Gasteiger partial charge in [-0.25, -0.2) is 0 Å². The van der Waals surface area contributed by atoms with Crippen molar-refractivity contribution in [3.8, 4) is 0 Å². The maximum Gasteiger partial charge on any atom is 0.275 e. The lowest BCUT2D eigenvalue weighted by Gasteiger charge is -2.33. The van der Waals surface area contributed by atoms with Gasteiger partial charge in [0.05, 0.1) is 6.54 Å². The van der Waals surface area contributed by atoms with E-state index in [-0.39, 0.29) is 5.91 Å². The summed E-state index contributed by atoms with van der Waals surface area (Å²) in [6, 6.07) is 12.0. The molecule has 1 aliphatic rings. The maximum atomic E-state index is 12.5. The van der Waals surface area contributed by atoms with Gasteiger partial charge in [0.1, 0.15) is 0 Å². The van der Waals surface area contributed by atoms with E-state index in [1.54, 1.807) is 11.0 Å². The minimum absolute atomic E-state index is 0.0910. The molecule has 26 heavy (non-hydrogen) atoms. The Morgan fingerprint density at radius 3 is 2.54 bits per heavy atom. The highest BCUT2D eigenvalue weighted by Crippen LogP contribution is 2.12. The number of hydrogen-bond donors (Lipinski definition) is 0. The number of nitrogens with zero attached hydrogens (tertiary/aromatic N) is 4. The smallest absolute Gasteiger partial charge is 0.275 e. The lowest BCUT2D eigenvalue weighted by atomic mass is 10.1. The Labute approximate surface area is 155 Å². The number of hydrogen-bond acceptors (Lipinski definition) is 5. The topological polar surface area (TPSA) is 52.8 Å². The van der Waals surface area contributed by atoms with Crippen LogP contribution in [0.1, 0.15) is 28.7 Å². The molecule has 0 saturated carbocycles. The summed E-state index contributed by atoms with van der Waals surface area (Å²) in [6.07, 6.45) is 0.829. The molecule has 1 amide bonds. The molecule has 3 rings (SSSR count). The standard InChI is InChI=1S/C20H28N4O2/c1-3-23-11-13-24(14-12-23)16-18-15-19(21-26-18)20(25)22(2)10-9-17-7-5-4-6-8-17/h4-8,15H,3,9-14,16H2,1-2H3. The second kappa shape index (κ2) is 8.96. The molecule has 1 aromatic carbocycles. The summed E-state index contributed by atoms with van der Waals surface area (Å²) < 4.78 is 5.40. The Balaban J connectivity index is 1.49. The lowest BCUT2D eigenvalue weighted by Crippen LogP contribution is -2.45. The molecular weight excluding hydrogens is 328 g/mol. The van der Waals surface area contributed by atoms with Gasteiger partial charge in [0.15, 0.2) is 11.5 Å². The zero-order chi connectivity index (χ0) is 18.4. The molecule has 140 valence electrons. The Bertz CT molecular complexity index is 693. The molecule has 2 aromatic rings. The Hall–Kier alpha value is -2.18. The largest absolute Gasteiger partial charge is 0.359 e. The maximum absolute atomic E-state index is 12.5. The molecule has 6 nitrogen and oxygen atoms in total. The van der Waals surface area contributed by atoms with E-state index < -0.39 is 0 Å². The molecular formula is C20H28N4O2. The number of piperazine rings is 1. The fraction of sp³-hybridized carbons (Fsp3) is 0.500. The molecule has 2 heterocycles. The summed E-state index contributed by atoms with van der Waals surface area (Å²) in [5.74, 6) is 0.668. The van der Waals surface area contributed by atoms with Gasteiger partial charge < -0.3 is 14.3 Å². The van der Waals surface area contributed by atoms with Crippen molar-refractivity contribution >= 4 is 5.91 Å². The SMILES string of the molecule is CCN1CCN(Cc2cc(C(=O)N(C)CCc3ccccc3)no2)CC1. The summed E-state index contributed by atoms with van der Waals surface area (Å²) >= 11 is 0. The van der Waals surface area contributed by atoms with Gasteiger partial charge in [-0.1, -0.05) is 42.4 Å². The molecule has 1 fully saturated rings. The highest BCUT2D eigenvalue weighted by molar-refractivity contribution is 5.92. The predicted octanol–water partition coefficient (Wildman–Crippen LogP) is 2.13. The molecule has 0 aliphatic carbocycles. The van der Waals surface area contributed by atoms with Crippen molar-refractivity contribution in [3.63, 3.8) is 0 Å². The lowest BCUT2D eigenvalue weighted by molar-refractivity contribution is 0.0786. The highest BCUT2D eigenvalue weighted by atomic mass is 16.5. The van der Waals surface area contributed by atoms with E-state index in [9.17, 15) is 4.79 Å². The number of rotatable bonds is 7. The van der Waals surface area contributed by atoms with Gasteiger partial charge in [0, 0.05) is 45.8 Å². The molecule has 0 N–H and O–H groups in total. The predicted molar refractivity (Wildman–Crippen MR) is 101 cm³/mol. The summed E-state index contributed by atoms with van der Waals surface area (Å²) in [7, 11) is 1.81. The van der Waals surface area contributed by atoms with E-state index >= 15 is 0 Å². The van der Waals surface area contributed by atoms with E-state index in [1.807, 2.05) is 25.2 Å². The number of benzene rings is 1. The third-order valence-electron chi connectivity index (χ3n) is 5.00. The molecule has 1 aliphatic heterocycles. The van der Waals surface area contributed by atoms with Gasteiger partial charge >= 0.3 is 0 Å². The summed E-state index contributed by atoms with van der Waals surface area (Å²) in [6.45, 7) is 8.87. The van der Waals surface area contributed by atoms with Gasteiger partial charge in [-0.2, -0.15) is 0 Å². The van der Waals surface area contributed by atoms with Crippen LogP contribution in [0.25, 0.3) is 0 Å². The van der Waals surface area contributed by atoms with Crippen LogP contribution in [0, 0.1) is 0 Å². The average molecular weight is 356 g/mol. The van der Waals surface area contributed by atoms with Crippen LogP contribution in [0.5, 0.6) is 0 Å². The quantitative estimate of drug-likeness (QED) is 0.761. The first-order chi connectivity index (χ1) is 12.7. The number of amides is 1. The zero-order valence-electron chi connectivity index (χ0n) is 15.7. The molecule has 0 radical (unpaired) electrons. The van der Waals surface area contributed by atoms with Gasteiger partial charge in [0.2, 0.25) is 0 Å². The van der Waals surface area contributed by atoms with E-state index in [4.69, 9.17) is 4.52 Å². The fourth-order valence-corrected chi connectivity index (χ4v) is 3.21. The normalized spacial score (nSPS) is 15.9. The highest BCUT2D eigenvalue weighted by Gasteiger charge is 2.20. The van der Waals surface area contributed by atoms with Crippen LogP contribution in [0.4, 0.5) is 0 Å². The second-order valence-electron chi connectivity index (χ2n) is 6.85. The summed E-state index contributed by atoms with van der Waals surface area (Å²) in [4.78, 5) is 19.0. The first-order valence-electron chi connectivity index (χ1n) is 9.35. The van der Waals surface area contributed by atoms with Crippen LogP contribution in [-0.2, 0) is 13.0 Å². The van der Waals surface area contributed by atoms with E-state index in [0.29, 0.717) is 18.8 Å². The van der Waals surface area contributed by atoms with E-state index in [1.165, 1.54) is 5.56 Å². The molecule has 0 bridgehead atoms. The van der Waals surface area contributed by atoms with Gasteiger partial charge in [0.25, 0.3) is 5.91 Å². The third kappa shape index (κ3) is 4.93. The van der Waals surface area contributed by atoms with Crippen LogP contribution in [0.15, 0.2) is 40.9 Å². The number of aromatic nitrogens is 1. The van der Waals surface area contributed by atoms with Gasteiger partial charge in [-0.3, -0.25) is 9.69 Å². The molecule has 0 unspecified atom stereocenters. The Morgan fingerprint density at radius 2 is 1.85 bits per heavy atom. The van der Waals surface area contributed by atoms with Gasteiger partial charge in [-0.05, 0) is 18.5 Å². The van der Waals surface area contributed by atoms with Crippen molar-refractivity contribution in [3.05, 3.63) is 53.4 Å². The number of likely N-dealkylation sites (N-methyl/N-ethyl adjacent to an activating group) is 2. The van der Waals surface area contributed by atoms with Crippen molar-refractivity contribution in [2.24, 2.45) is 0 Å². The minimum atomic E-state index is -0.0910. The number of carbonyl (C=O) groups excluding carboxylic acids is 1. The van der Waals surface area contributed by atoms with Crippen molar-refractivity contribution in [1.29, 1.82) is 0 Å². The minimum Gasteiger partial charge on any atom is -0.359 e. The molecule has 0 atom stereocenters. The van der Waals surface area contributed by atoms with Gasteiger partial charge in [-0.15, -0.1) is 0 Å². The van der Waals surface area contributed by atoms with Crippen molar-refractivity contribution in [2.45, 2.75) is 19.9 Å². The van der Waals surface area contributed by atoms with Crippen LogP contribution >= 0.6 is 0 Å². The molecule has 1 aromatic heterocycles. The van der Waals surface area contributed by atoms with Crippen LogP contribution in [0.3, 0.4) is 0 Å². The molecule has 6 heteroatoms. The first-order valence-corrected chi connectivity index (χ1v) is 9.35. The van der Waals surface area contributed by atoms with E-state index in [2.05, 4.69) is 34.0 Å². The van der Waals surface area contributed by atoms with Crippen LogP contribution in [-0.4, -0.2) is 72.1 Å². The molecule has 0 spiro atoms.